The van der Waals surface area contributed by atoms with Crippen LogP contribution in [-0.4, -0.2) is 34.8 Å². The maximum absolute atomic E-state index is 12.6. The van der Waals surface area contributed by atoms with E-state index >= 15 is 0 Å². The third-order valence-corrected chi connectivity index (χ3v) is 8.86. The molecule has 0 spiro atoms. The lowest BCUT2D eigenvalue weighted by atomic mass is 9.80. The number of cyclic esters (lactones) is 2. The van der Waals surface area contributed by atoms with E-state index in [0.29, 0.717) is 0 Å². The molecular formula is C24H22Br2N2O4. The van der Waals surface area contributed by atoms with Gasteiger partial charge < -0.3 is 9.47 Å². The van der Waals surface area contributed by atoms with Crippen molar-refractivity contribution < 1.29 is 19.1 Å². The normalized spacial score (nSPS) is 22.8. The Bertz CT molecular complexity index is 1050. The number of nitrogens with zero attached hydrogens (tertiary/aromatic N) is 2. The van der Waals surface area contributed by atoms with Crippen LogP contribution in [0.5, 0.6) is 0 Å². The van der Waals surface area contributed by atoms with Crippen molar-refractivity contribution in [3.8, 4) is 0 Å². The number of carbonyl (C=O) groups excluding carboxylic acids is 2. The standard InChI is InChI=1S/C24H22Br2N2O4/c1-21(2)19(29)31-17(27-21)23(25,15-11-7-5-8-12-15)24(26,16-13-9-6-10-14-16)18-28-22(3,4)20(30)32-18/h5-14H,1-4H3. The minimum absolute atomic E-state index is 0.142. The van der Waals surface area contributed by atoms with Crippen molar-refractivity contribution in [2.75, 3.05) is 0 Å². The van der Waals surface area contributed by atoms with Crippen LogP contribution >= 0.6 is 31.9 Å². The molecule has 0 aromatic heterocycles. The highest BCUT2D eigenvalue weighted by atomic mass is 79.9. The summed E-state index contributed by atoms with van der Waals surface area (Å²) < 4.78 is 8.91. The smallest absolute Gasteiger partial charge is 0.340 e. The van der Waals surface area contributed by atoms with Crippen LogP contribution in [0.1, 0.15) is 38.8 Å². The molecule has 6 nitrogen and oxygen atoms in total. The predicted octanol–water partition coefficient (Wildman–Crippen LogP) is 5.04. The van der Waals surface area contributed by atoms with Crippen molar-refractivity contribution >= 4 is 55.6 Å². The number of ether oxygens (including phenoxy) is 2. The number of benzene rings is 2. The summed E-state index contributed by atoms with van der Waals surface area (Å²) in [5, 5.41) is 0. The molecule has 0 N–H and O–H groups in total. The van der Waals surface area contributed by atoms with Crippen molar-refractivity contribution in [2.45, 2.75) is 47.4 Å². The van der Waals surface area contributed by atoms with E-state index in [4.69, 9.17) is 9.47 Å². The molecule has 2 aromatic rings. The van der Waals surface area contributed by atoms with Crippen molar-refractivity contribution in [3.63, 3.8) is 0 Å². The number of hydrogen-bond donors (Lipinski definition) is 0. The monoisotopic (exact) mass is 560 g/mol. The molecule has 2 aliphatic heterocycles. The Morgan fingerprint density at radius 1 is 0.656 bits per heavy atom. The van der Waals surface area contributed by atoms with Gasteiger partial charge in [0.25, 0.3) is 0 Å². The summed E-state index contributed by atoms with van der Waals surface area (Å²) in [4.78, 5) is 34.6. The zero-order valence-corrected chi connectivity index (χ0v) is 21.2. The largest absolute Gasteiger partial charge is 0.408 e. The molecule has 0 radical (unpaired) electrons. The van der Waals surface area contributed by atoms with Crippen LogP contribution in [0.3, 0.4) is 0 Å². The fourth-order valence-electron chi connectivity index (χ4n) is 3.64. The molecule has 4 rings (SSSR count). The van der Waals surface area contributed by atoms with Crippen LogP contribution in [0.4, 0.5) is 0 Å². The Balaban J connectivity index is 2.06. The quantitative estimate of drug-likeness (QED) is 0.379. The van der Waals surface area contributed by atoms with E-state index in [9.17, 15) is 9.59 Å². The highest BCUT2D eigenvalue weighted by molar-refractivity contribution is 9.12. The molecule has 2 heterocycles. The van der Waals surface area contributed by atoms with Crippen molar-refractivity contribution in [2.24, 2.45) is 9.98 Å². The summed E-state index contributed by atoms with van der Waals surface area (Å²) in [6, 6.07) is 18.8. The first kappa shape index (κ1) is 22.9. The Kier molecular flexibility index (Phi) is 5.45. The first-order valence-electron chi connectivity index (χ1n) is 10.1. The molecule has 2 unspecified atom stereocenters. The zero-order valence-electron chi connectivity index (χ0n) is 18.1. The van der Waals surface area contributed by atoms with Gasteiger partial charge in [-0.25, -0.2) is 19.6 Å². The highest BCUT2D eigenvalue weighted by Gasteiger charge is 2.64. The molecule has 0 aliphatic carbocycles. The van der Waals surface area contributed by atoms with Crippen LogP contribution in [0.15, 0.2) is 70.6 Å². The average Bonchev–Trinajstić information content (AvgIpc) is 3.21. The summed E-state index contributed by atoms with van der Waals surface area (Å²) in [6.07, 6.45) is 0. The topological polar surface area (TPSA) is 77.3 Å². The maximum Gasteiger partial charge on any atom is 0.340 e. The summed E-state index contributed by atoms with van der Waals surface area (Å²) in [5.74, 6) is -0.660. The van der Waals surface area contributed by atoms with E-state index in [-0.39, 0.29) is 11.8 Å². The Morgan fingerprint density at radius 2 is 0.969 bits per heavy atom. The molecule has 166 valence electrons. The number of alkyl halides is 2. The number of esters is 2. The van der Waals surface area contributed by atoms with Gasteiger partial charge in [-0.15, -0.1) is 0 Å². The fourth-order valence-corrected chi connectivity index (χ4v) is 5.30. The van der Waals surface area contributed by atoms with Gasteiger partial charge in [-0.1, -0.05) is 92.5 Å². The molecule has 8 heteroatoms. The molecule has 0 fully saturated rings. The van der Waals surface area contributed by atoms with Gasteiger partial charge in [0.2, 0.25) is 11.8 Å². The van der Waals surface area contributed by atoms with Crippen LogP contribution in [0.25, 0.3) is 0 Å². The molecule has 2 aliphatic rings. The first-order chi connectivity index (χ1) is 14.9. The molecule has 0 bridgehead atoms. The lowest BCUT2D eigenvalue weighted by Gasteiger charge is -2.41. The van der Waals surface area contributed by atoms with E-state index < -0.39 is 31.7 Å². The van der Waals surface area contributed by atoms with E-state index in [1.54, 1.807) is 27.7 Å². The van der Waals surface area contributed by atoms with Gasteiger partial charge in [0.05, 0.1) is 0 Å². The summed E-state index contributed by atoms with van der Waals surface area (Å²) >= 11 is 7.80. The van der Waals surface area contributed by atoms with Gasteiger partial charge in [0.1, 0.15) is 0 Å². The van der Waals surface area contributed by atoms with Gasteiger partial charge >= 0.3 is 11.9 Å². The van der Waals surface area contributed by atoms with E-state index in [1.165, 1.54) is 0 Å². The van der Waals surface area contributed by atoms with Crippen LogP contribution in [-0.2, 0) is 27.7 Å². The van der Waals surface area contributed by atoms with Gasteiger partial charge in [0, 0.05) is 0 Å². The first-order valence-corrected chi connectivity index (χ1v) is 11.7. The molecular weight excluding hydrogens is 540 g/mol. The lowest BCUT2D eigenvalue weighted by molar-refractivity contribution is -0.139. The van der Waals surface area contributed by atoms with E-state index in [0.717, 1.165) is 11.1 Å². The fraction of sp³-hybridized carbons (Fsp3) is 0.333. The highest BCUT2D eigenvalue weighted by Crippen LogP contribution is 2.57. The molecule has 2 atom stereocenters. The van der Waals surface area contributed by atoms with Gasteiger partial charge in [-0.2, -0.15) is 0 Å². The number of halogens is 2. The third-order valence-electron chi connectivity index (χ3n) is 5.55. The van der Waals surface area contributed by atoms with Crippen molar-refractivity contribution in [1.29, 1.82) is 0 Å². The lowest BCUT2D eigenvalue weighted by Crippen LogP contribution is -2.52. The molecule has 32 heavy (non-hydrogen) atoms. The average molecular weight is 562 g/mol. The third kappa shape index (κ3) is 3.35. The number of rotatable bonds is 5. The van der Waals surface area contributed by atoms with E-state index in [2.05, 4.69) is 41.8 Å². The number of aliphatic imine (C=N–C) groups is 2. The van der Waals surface area contributed by atoms with Gasteiger partial charge in [-0.3, -0.25) is 0 Å². The SMILES string of the molecule is CC1(C)N=C(C(Br)(c2ccccc2)C(Br)(C2=NC(C)(C)C(=O)O2)c2ccccc2)OC1=O. The van der Waals surface area contributed by atoms with E-state index in [1.807, 2.05) is 60.7 Å². The summed E-state index contributed by atoms with van der Waals surface area (Å²) in [5.41, 5.74) is -0.677. The molecule has 0 amide bonds. The second kappa shape index (κ2) is 7.63. The zero-order chi connectivity index (χ0) is 23.4. The van der Waals surface area contributed by atoms with Crippen molar-refractivity contribution in [1.82, 2.24) is 0 Å². The minimum atomic E-state index is -1.29. The second-order valence-electron chi connectivity index (χ2n) is 8.78. The minimum Gasteiger partial charge on any atom is -0.408 e. The Labute approximate surface area is 203 Å². The van der Waals surface area contributed by atoms with Crippen LogP contribution < -0.4 is 0 Å². The van der Waals surface area contributed by atoms with Crippen LogP contribution in [0.2, 0.25) is 0 Å². The molecule has 0 saturated carbocycles. The second-order valence-corrected chi connectivity index (χ2v) is 11.2. The summed E-state index contributed by atoms with van der Waals surface area (Å²) in [6.45, 7) is 6.76. The molecule has 2 aromatic carbocycles. The summed E-state index contributed by atoms with van der Waals surface area (Å²) in [7, 11) is 0. The number of hydrogen-bond acceptors (Lipinski definition) is 6. The van der Waals surface area contributed by atoms with Gasteiger partial charge in [-0.05, 0) is 38.8 Å². The predicted molar refractivity (Wildman–Crippen MR) is 129 cm³/mol. The van der Waals surface area contributed by atoms with Crippen LogP contribution in [0, 0.1) is 0 Å². The number of carbonyl (C=O) groups is 2. The van der Waals surface area contributed by atoms with Crippen molar-refractivity contribution in [3.05, 3.63) is 71.8 Å². The van der Waals surface area contributed by atoms with Gasteiger partial charge in [0.15, 0.2) is 19.7 Å². The Hall–Kier alpha value is -2.32. The molecule has 0 saturated heterocycles. The Morgan fingerprint density at radius 3 is 1.22 bits per heavy atom. The maximum atomic E-state index is 12.6.